The molecule has 4 nitrogen and oxygen atoms in total. The maximum Gasteiger partial charge on any atom is 0.325 e. The molecule has 0 aliphatic carbocycles. The van der Waals surface area contributed by atoms with Crippen LogP contribution in [0.1, 0.15) is 31.4 Å². The summed E-state index contributed by atoms with van der Waals surface area (Å²) in [4.78, 5) is 25.3. The summed E-state index contributed by atoms with van der Waals surface area (Å²) in [5.74, 6) is -0.206. The standard InChI is InChI=1S/C14H18N2O2/c1-4-14(3)12(17)15-13(18)16(14)9-11-7-5-6-10(2)8-11/h5-8H,4,9H2,1-3H3,(H,15,17,18). The number of carbonyl (C=O) groups excluding carboxylic acids is 2. The summed E-state index contributed by atoms with van der Waals surface area (Å²) >= 11 is 0. The van der Waals surface area contributed by atoms with Gasteiger partial charge in [-0.2, -0.15) is 0 Å². The number of nitrogens with zero attached hydrogens (tertiary/aromatic N) is 1. The van der Waals surface area contributed by atoms with Crippen LogP contribution in [0.4, 0.5) is 4.79 Å². The Hall–Kier alpha value is -1.84. The molecule has 1 N–H and O–H groups in total. The van der Waals surface area contributed by atoms with Crippen molar-refractivity contribution in [3.8, 4) is 0 Å². The monoisotopic (exact) mass is 246 g/mol. The highest BCUT2D eigenvalue weighted by Gasteiger charge is 2.47. The van der Waals surface area contributed by atoms with Crippen LogP contribution in [0.2, 0.25) is 0 Å². The fourth-order valence-electron chi connectivity index (χ4n) is 2.24. The Morgan fingerprint density at radius 3 is 2.67 bits per heavy atom. The first kappa shape index (κ1) is 12.6. The van der Waals surface area contributed by atoms with Gasteiger partial charge in [0.1, 0.15) is 5.54 Å². The van der Waals surface area contributed by atoms with Gasteiger partial charge in [0.15, 0.2) is 0 Å². The van der Waals surface area contributed by atoms with E-state index in [1.54, 1.807) is 4.90 Å². The zero-order chi connectivity index (χ0) is 13.3. The SMILES string of the molecule is CCC1(C)C(=O)NC(=O)N1Cc1cccc(C)c1. The molecule has 1 saturated heterocycles. The highest BCUT2D eigenvalue weighted by molar-refractivity contribution is 6.06. The van der Waals surface area contributed by atoms with Crippen molar-refractivity contribution in [2.24, 2.45) is 0 Å². The number of benzene rings is 1. The Morgan fingerprint density at radius 2 is 2.06 bits per heavy atom. The normalized spacial score (nSPS) is 23.4. The Kier molecular flexibility index (Phi) is 3.11. The van der Waals surface area contributed by atoms with Crippen LogP contribution in [0.25, 0.3) is 0 Å². The molecule has 1 aromatic rings. The summed E-state index contributed by atoms with van der Waals surface area (Å²) < 4.78 is 0. The molecule has 96 valence electrons. The second-order valence-electron chi connectivity index (χ2n) is 4.96. The number of nitrogens with one attached hydrogen (secondary N) is 1. The van der Waals surface area contributed by atoms with Gasteiger partial charge in [-0.3, -0.25) is 10.1 Å². The van der Waals surface area contributed by atoms with Gasteiger partial charge >= 0.3 is 6.03 Å². The number of hydrogen-bond acceptors (Lipinski definition) is 2. The molecular weight excluding hydrogens is 228 g/mol. The van der Waals surface area contributed by atoms with E-state index < -0.39 is 5.54 Å². The molecule has 1 aliphatic rings. The fraction of sp³-hybridized carbons (Fsp3) is 0.429. The first-order valence-electron chi connectivity index (χ1n) is 6.16. The molecule has 4 heteroatoms. The van der Waals surface area contributed by atoms with Gasteiger partial charge in [-0.05, 0) is 25.8 Å². The van der Waals surface area contributed by atoms with E-state index in [1.165, 1.54) is 0 Å². The van der Waals surface area contributed by atoms with Crippen LogP contribution in [-0.2, 0) is 11.3 Å². The smallest absolute Gasteiger partial charge is 0.306 e. The van der Waals surface area contributed by atoms with E-state index >= 15 is 0 Å². The predicted octanol–water partition coefficient (Wildman–Crippen LogP) is 2.22. The van der Waals surface area contributed by atoms with Crippen molar-refractivity contribution in [3.63, 3.8) is 0 Å². The highest BCUT2D eigenvalue weighted by atomic mass is 16.2. The van der Waals surface area contributed by atoms with E-state index in [2.05, 4.69) is 5.32 Å². The number of amides is 3. The molecule has 1 fully saturated rings. The van der Waals surface area contributed by atoms with Crippen LogP contribution in [0.15, 0.2) is 24.3 Å². The van der Waals surface area contributed by atoms with Crippen molar-refractivity contribution < 1.29 is 9.59 Å². The lowest BCUT2D eigenvalue weighted by molar-refractivity contribution is -0.126. The third-order valence-corrected chi connectivity index (χ3v) is 3.66. The average Bonchev–Trinajstić information content (AvgIpc) is 2.54. The molecule has 0 spiro atoms. The zero-order valence-electron chi connectivity index (χ0n) is 11.0. The molecule has 0 aromatic heterocycles. The maximum atomic E-state index is 11.8. The van der Waals surface area contributed by atoms with Gasteiger partial charge in [-0.1, -0.05) is 36.8 Å². The molecule has 1 atom stereocenters. The molecular formula is C14H18N2O2. The first-order valence-corrected chi connectivity index (χ1v) is 6.16. The topological polar surface area (TPSA) is 49.4 Å². The Bertz CT molecular complexity index is 498. The molecule has 1 heterocycles. The Labute approximate surface area is 107 Å². The lowest BCUT2D eigenvalue weighted by Gasteiger charge is -2.30. The third-order valence-electron chi connectivity index (χ3n) is 3.66. The summed E-state index contributed by atoms with van der Waals surface area (Å²) in [7, 11) is 0. The van der Waals surface area contributed by atoms with E-state index in [0.717, 1.165) is 11.1 Å². The van der Waals surface area contributed by atoms with Gasteiger partial charge in [-0.25, -0.2) is 4.79 Å². The van der Waals surface area contributed by atoms with Gasteiger partial charge in [0.25, 0.3) is 5.91 Å². The molecule has 0 radical (unpaired) electrons. The minimum absolute atomic E-state index is 0.206. The van der Waals surface area contributed by atoms with E-state index in [-0.39, 0.29) is 11.9 Å². The summed E-state index contributed by atoms with van der Waals surface area (Å²) in [6, 6.07) is 7.68. The zero-order valence-corrected chi connectivity index (χ0v) is 11.0. The lowest BCUT2D eigenvalue weighted by Crippen LogP contribution is -2.45. The van der Waals surface area contributed by atoms with Crippen LogP contribution in [0.5, 0.6) is 0 Å². The van der Waals surface area contributed by atoms with E-state index in [4.69, 9.17) is 0 Å². The number of rotatable bonds is 3. The molecule has 18 heavy (non-hydrogen) atoms. The fourth-order valence-corrected chi connectivity index (χ4v) is 2.24. The van der Waals surface area contributed by atoms with Gasteiger partial charge < -0.3 is 4.90 Å². The number of imide groups is 1. The number of urea groups is 1. The summed E-state index contributed by atoms with van der Waals surface area (Å²) in [6.07, 6.45) is 0.608. The lowest BCUT2D eigenvalue weighted by atomic mass is 9.96. The van der Waals surface area contributed by atoms with Gasteiger partial charge in [0.05, 0.1) is 0 Å². The molecule has 1 aliphatic heterocycles. The maximum absolute atomic E-state index is 11.8. The number of hydrogen-bond donors (Lipinski definition) is 1. The second kappa shape index (κ2) is 4.44. The second-order valence-corrected chi connectivity index (χ2v) is 4.96. The van der Waals surface area contributed by atoms with Crippen molar-refractivity contribution in [3.05, 3.63) is 35.4 Å². The molecule has 1 unspecified atom stereocenters. The van der Waals surface area contributed by atoms with Crippen LogP contribution in [0.3, 0.4) is 0 Å². The van der Waals surface area contributed by atoms with E-state index in [0.29, 0.717) is 13.0 Å². The summed E-state index contributed by atoms with van der Waals surface area (Å²) in [6.45, 7) is 6.20. The van der Waals surface area contributed by atoms with E-state index in [9.17, 15) is 9.59 Å². The molecule has 3 amide bonds. The van der Waals surface area contributed by atoms with Crippen LogP contribution >= 0.6 is 0 Å². The highest BCUT2D eigenvalue weighted by Crippen LogP contribution is 2.27. The predicted molar refractivity (Wildman–Crippen MR) is 69.0 cm³/mol. The van der Waals surface area contributed by atoms with Gasteiger partial charge in [0.2, 0.25) is 0 Å². The third kappa shape index (κ3) is 1.98. The van der Waals surface area contributed by atoms with Crippen LogP contribution < -0.4 is 5.32 Å². The first-order chi connectivity index (χ1) is 8.47. The Balaban J connectivity index is 2.27. The van der Waals surface area contributed by atoms with Gasteiger partial charge in [-0.15, -0.1) is 0 Å². The number of aryl methyl sites for hydroxylation is 1. The minimum atomic E-state index is -0.735. The number of carbonyl (C=O) groups is 2. The molecule has 2 rings (SSSR count). The summed E-state index contributed by atoms with van der Waals surface area (Å²) in [5.41, 5.74) is 1.46. The van der Waals surface area contributed by atoms with Crippen molar-refractivity contribution >= 4 is 11.9 Å². The average molecular weight is 246 g/mol. The summed E-state index contributed by atoms with van der Waals surface area (Å²) in [5, 5.41) is 2.39. The van der Waals surface area contributed by atoms with E-state index in [1.807, 2.05) is 45.0 Å². The molecule has 0 bridgehead atoms. The van der Waals surface area contributed by atoms with Crippen LogP contribution in [0, 0.1) is 6.92 Å². The largest absolute Gasteiger partial charge is 0.325 e. The Morgan fingerprint density at radius 1 is 1.33 bits per heavy atom. The van der Waals surface area contributed by atoms with Crippen molar-refractivity contribution in [2.75, 3.05) is 0 Å². The van der Waals surface area contributed by atoms with Crippen molar-refractivity contribution in [1.82, 2.24) is 10.2 Å². The van der Waals surface area contributed by atoms with Gasteiger partial charge in [0, 0.05) is 6.54 Å². The van der Waals surface area contributed by atoms with Crippen molar-refractivity contribution in [2.45, 2.75) is 39.3 Å². The van der Waals surface area contributed by atoms with Crippen molar-refractivity contribution in [1.29, 1.82) is 0 Å². The quantitative estimate of drug-likeness (QED) is 0.831. The van der Waals surface area contributed by atoms with Crippen LogP contribution in [-0.4, -0.2) is 22.4 Å². The molecule has 1 aromatic carbocycles. The molecule has 0 saturated carbocycles. The minimum Gasteiger partial charge on any atom is -0.306 e.